The van der Waals surface area contributed by atoms with Gasteiger partial charge in [-0.3, -0.25) is 9.59 Å². The quantitative estimate of drug-likeness (QED) is 0.820. The Morgan fingerprint density at radius 2 is 1.89 bits per heavy atom. The molecule has 0 saturated carbocycles. The van der Waals surface area contributed by atoms with Crippen molar-refractivity contribution in [1.82, 2.24) is 10.3 Å². The molecular formula is C12H14Cl2N2O3. The second-order valence-electron chi connectivity index (χ2n) is 4.40. The summed E-state index contributed by atoms with van der Waals surface area (Å²) >= 11 is 11.4. The van der Waals surface area contributed by atoms with Gasteiger partial charge in [0.1, 0.15) is 10.3 Å². The van der Waals surface area contributed by atoms with E-state index in [9.17, 15) is 9.59 Å². The average molecular weight is 305 g/mol. The molecule has 0 aliphatic heterocycles. The van der Waals surface area contributed by atoms with Gasteiger partial charge in [-0.25, -0.2) is 4.98 Å². The molecule has 0 aliphatic rings. The zero-order valence-corrected chi connectivity index (χ0v) is 12.0. The van der Waals surface area contributed by atoms with Gasteiger partial charge in [-0.1, -0.05) is 30.1 Å². The molecular weight excluding hydrogens is 291 g/mol. The monoisotopic (exact) mass is 304 g/mol. The standard InChI is InChI=1S/C12H14Cl2N2O3/c1-3-12(2,11(18)19)6-15-10(17)7-4-8(13)16-9(14)5-7/h4-5H,3,6H2,1-2H3,(H,15,17)(H,18,19). The van der Waals surface area contributed by atoms with E-state index in [4.69, 9.17) is 28.3 Å². The van der Waals surface area contributed by atoms with Gasteiger partial charge in [-0.05, 0) is 25.5 Å². The number of pyridine rings is 1. The topological polar surface area (TPSA) is 79.3 Å². The molecule has 1 aromatic heterocycles. The third-order valence-electron chi connectivity index (χ3n) is 2.96. The summed E-state index contributed by atoms with van der Waals surface area (Å²) in [6.45, 7) is 3.35. The second-order valence-corrected chi connectivity index (χ2v) is 5.18. The van der Waals surface area contributed by atoms with Gasteiger partial charge >= 0.3 is 5.97 Å². The van der Waals surface area contributed by atoms with E-state index in [0.717, 1.165) is 0 Å². The van der Waals surface area contributed by atoms with Crippen LogP contribution in [0.15, 0.2) is 12.1 Å². The highest BCUT2D eigenvalue weighted by Crippen LogP contribution is 2.20. The molecule has 0 radical (unpaired) electrons. The molecule has 104 valence electrons. The van der Waals surface area contributed by atoms with Crippen molar-refractivity contribution in [1.29, 1.82) is 0 Å². The summed E-state index contributed by atoms with van der Waals surface area (Å²) in [5, 5.41) is 11.9. The highest BCUT2D eigenvalue weighted by atomic mass is 35.5. The van der Waals surface area contributed by atoms with E-state index >= 15 is 0 Å². The van der Waals surface area contributed by atoms with Crippen molar-refractivity contribution in [2.75, 3.05) is 6.54 Å². The zero-order chi connectivity index (χ0) is 14.6. The van der Waals surface area contributed by atoms with E-state index < -0.39 is 17.3 Å². The maximum Gasteiger partial charge on any atom is 0.311 e. The molecule has 0 bridgehead atoms. The first-order valence-electron chi connectivity index (χ1n) is 5.63. The van der Waals surface area contributed by atoms with Gasteiger partial charge in [-0.2, -0.15) is 0 Å². The van der Waals surface area contributed by atoms with Crippen LogP contribution in [0.25, 0.3) is 0 Å². The van der Waals surface area contributed by atoms with Crippen LogP contribution in [0.3, 0.4) is 0 Å². The lowest BCUT2D eigenvalue weighted by Gasteiger charge is -2.23. The molecule has 0 aliphatic carbocycles. The fourth-order valence-electron chi connectivity index (χ4n) is 1.33. The van der Waals surface area contributed by atoms with Crippen LogP contribution in [-0.4, -0.2) is 28.5 Å². The molecule has 2 N–H and O–H groups in total. The molecule has 19 heavy (non-hydrogen) atoms. The van der Waals surface area contributed by atoms with Crippen molar-refractivity contribution in [3.05, 3.63) is 28.0 Å². The van der Waals surface area contributed by atoms with E-state index in [-0.39, 0.29) is 22.4 Å². The molecule has 0 fully saturated rings. The van der Waals surface area contributed by atoms with Crippen molar-refractivity contribution in [3.63, 3.8) is 0 Å². The summed E-state index contributed by atoms with van der Waals surface area (Å²) in [7, 11) is 0. The Balaban J connectivity index is 2.78. The fourth-order valence-corrected chi connectivity index (χ4v) is 1.79. The molecule has 0 spiro atoms. The van der Waals surface area contributed by atoms with E-state index in [1.165, 1.54) is 12.1 Å². The number of carbonyl (C=O) groups is 2. The molecule has 1 rings (SSSR count). The van der Waals surface area contributed by atoms with E-state index in [1.54, 1.807) is 13.8 Å². The summed E-state index contributed by atoms with van der Waals surface area (Å²) < 4.78 is 0. The van der Waals surface area contributed by atoms with Gasteiger partial charge in [0, 0.05) is 12.1 Å². The number of carboxylic acid groups (broad SMARTS) is 1. The van der Waals surface area contributed by atoms with Crippen molar-refractivity contribution in [2.45, 2.75) is 20.3 Å². The highest BCUT2D eigenvalue weighted by molar-refractivity contribution is 6.33. The van der Waals surface area contributed by atoms with Crippen LogP contribution in [0, 0.1) is 5.41 Å². The van der Waals surface area contributed by atoms with Crippen molar-refractivity contribution >= 4 is 35.1 Å². The molecule has 0 saturated heterocycles. The van der Waals surface area contributed by atoms with Crippen molar-refractivity contribution < 1.29 is 14.7 Å². The lowest BCUT2D eigenvalue weighted by Crippen LogP contribution is -2.40. The van der Waals surface area contributed by atoms with Gasteiger partial charge < -0.3 is 10.4 Å². The Kier molecular flexibility index (Phi) is 5.14. The van der Waals surface area contributed by atoms with Crippen LogP contribution in [0.4, 0.5) is 0 Å². The average Bonchev–Trinajstić information content (AvgIpc) is 2.34. The van der Waals surface area contributed by atoms with Crippen LogP contribution < -0.4 is 5.32 Å². The normalized spacial score (nSPS) is 13.7. The molecule has 1 unspecified atom stereocenters. The van der Waals surface area contributed by atoms with Crippen molar-refractivity contribution in [2.24, 2.45) is 5.41 Å². The first kappa shape index (κ1) is 15.7. The minimum absolute atomic E-state index is 0.0230. The SMILES string of the molecule is CCC(C)(CNC(=O)c1cc(Cl)nc(Cl)c1)C(=O)O. The number of nitrogens with one attached hydrogen (secondary N) is 1. The Labute approximate surface area is 120 Å². The number of halogens is 2. The summed E-state index contributed by atoms with van der Waals surface area (Å²) in [5.41, 5.74) is -0.759. The van der Waals surface area contributed by atoms with Gasteiger partial charge in [0.05, 0.1) is 5.41 Å². The molecule has 1 heterocycles. The summed E-state index contributed by atoms with van der Waals surface area (Å²) in [5.74, 6) is -1.40. The van der Waals surface area contributed by atoms with E-state index in [1.807, 2.05) is 0 Å². The fraction of sp³-hybridized carbons (Fsp3) is 0.417. The molecule has 1 amide bonds. The van der Waals surface area contributed by atoms with Gasteiger partial charge in [0.25, 0.3) is 5.91 Å². The molecule has 1 aromatic rings. The Bertz CT molecular complexity index is 487. The summed E-state index contributed by atoms with van der Waals surface area (Å²) in [6.07, 6.45) is 0.403. The summed E-state index contributed by atoms with van der Waals surface area (Å²) in [4.78, 5) is 26.7. The largest absolute Gasteiger partial charge is 0.481 e. The Morgan fingerprint density at radius 1 is 1.37 bits per heavy atom. The maximum atomic E-state index is 11.9. The van der Waals surface area contributed by atoms with E-state index in [0.29, 0.717) is 6.42 Å². The number of rotatable bonds is 5. The van der Waals surface area contributed by atoms with Crippen LogP contribution >= 0.6 is 23.2 Å². The van der Waals surface area contributed by atoms with Gasteiger partial charge in [-0.15, -0.1) is 0 Å². The van der Waals surface area contributed by atoms with Crippen molar-refractivity contribution in [3.8, 4) is 0 Å². The lowest BCUT2D eigenvalue weighted by molar-refractivity contribution is -0.147. The van der Waals surface area contributed by atoms with Gasteiger partial charge in [0.2, 0.25) is 0 Å². The predicted octanol–water partition coefficient (Wildman–Crippen LogP) is 2.62. The number of hydrogen-bond acceptors (Lipinski definition) is 3. The second kappa shape index (κ2) is 6.21. The first-order chi connectivity index (χ1) is 8.78. The number of nitrogens with zero attached hydrogens (tertiary/aromatic N) is 1. The minimum atomic E-state index is -1.00. The van der Waals surface area contributed by atoms with Crippen LogP contribution in [0.5, 0.6) is 0 Å². The number of aliphatic carboxylic acids is 1. The highest BCUT2D eigenvalue weighted by Gasteiger charge is 2.31. The zero-order valence-electron chi connectivity index (χ0n) is 10.5. The van der Waals surface area contributed by atoms with Crippen LogP contribution in [0.2, 0.25) is 10.3 Å². The smallest absolute Gasteiger partial charge is 0.311 e. The van der Waals surface area contributed by atoms with E-state index in [2.05, 4.69) is 10.3 Å². The minimum Gasteiger partial charge on any atom is -0.481 e. The number of hydrogen-bond donors (Lipinski definition) is 2. The first-order valence-corrected chi connectivity index (χ1v) is 6.39. The number of amides is 1. The molecule has 7 heteroatoms. The molecule has 0 aromatic carbocycles. The van der Waals surface area contributed by atoms with Gasteiger partial charge in [0.15, 0.2) is 0 Å². The van der Waals surface area contributed by atoms with Crippen LogP contribution in [0.1, 0.15) is 30.6 Å². The van der Waals surface area contributed by atoms with Crippen LogP contribution in [-0.2, 0) is 4.79 Å². The third kappa shape index (κ3) is 4.08. The third-order valence-corrected chi connectivity index (χ3v) is 3.35. The lowest BCUT2D eigenvalue weighted by atomic mass is 9.87. The number of carbonyl (C=O) groups excluding carboxylic acids is 1. The Morgan fingerprint density at radius 3 is 2.32 bits per heavy atom. The maximum absolute atomic E-state index is 11.9. The number of carboxylic acids is 1. The Hall–Kier alpha value is -1.33. The number of aromatic nitrogens is 1. The molecule has 1 atom stereocenters. The summed E-state index contributed by atoms with van der Waals surface area (Å²) in [6, 6.07) is 2.74. The predicted molar refractivity (Wildman–Crippen MR) is 72.6 cm³/mol. The molecule has 5 nitrogen and oxygen atoms in total.